The van der Waals surface area contributed by atoms with Gasteiger partial charge in [0.05, 0.1) is 10.5 Å². The number of carbonyl (C=O) groups is 1. The Kier molecular flexibility index (Phi) is 6.23. The summed E-state index contributed by atoms with van der Waals surface area (Å²) < 4.78 is 0. The van der Waals surface area contributed by atoms with Crippen LogP contribution >= 0.6 is 0 Å². The van der Waals surface area contributed by atoms with E-state index in [-0.39, 0.29) is 23.1 Å². The molecular weight excluding hydrogens is 332 g/mol. The summed E-state index contributed by atoms with van der Waals surface area (Å²) in [6, 6.07) is 4.73. The van der Waals surface area contributed by atoms with Gasteiger partial charge in [-0.3, -0.25) is 14.9 Å². The molecule has 7 heteroatoms. The van der Waals surface area contributed by atoms with Gasteiger partial charge in [-0.2, -0.15) is 0 Å². The van der Waals surface area contributed by atoms with Crippen LogP contribution in [0.25, 0.3) is 0 Å². The van der Waals surface area contributed by atoms with Crippen molar-refractivity contribution < 1.29 is 9.72 Å². The summed E-state index contributed by atoms with van der Waals surface area (Å²) in [5, 5.41) is 14.5. The van der Waals surface area contributed by atoms with Crippen molar-refractivity contribution in [3.8, 4) is 0 Å². The van der Waals surface area contributed by atoms with Crippen molar-refractivity contribution in [2.45, 2.75) is 46.1 Å². The average Bonchev–Trinajstić information content (AvgIpc) is 2.61. The van der Waals surface area contributed by atoms with Gasteiger partial charge >= 0.3 is 0 Å². The van der Waals surface area contributed by atoms with Gasteiger partial charge in [0.15, 0.2) is 0 Å². The highest BCUT2D eigenvalue weighted by atomic mass is 16.6. The molecule has 1 aromatic rings. The van der Waals surface area contributed by atoms with Gasteiger partial charge < -0.3 is 16.0 Å². The first-order valence-electron chi connectivity index (χ1n) is 9.24. The molecule has 1 fully saturated rings. The van der Waals surface area contributed by atoms with Crippen molar-refractivity contribution in [2.24, 2.45) is 17.6 Å². The maximum Gasteiger partial charge on any atom is 0.293 e. The number of nitro groups is 1. The summed E-state index contributed by atoms with van der Waals surface area (Å²) in [7, 11) is 0. The molecule has 0 bridgehead atoms. The number of amides is 1. The number of hydrogen-bond acceptors (Lipinski definition) is 5. The summed E-state index contributed by atoms with van der Waals surface area (Å²) >= 11 is 0. The number of carbonyl (C=O) groups excluding carboxylic acids is 1. The van der Waals surface area contributed by atoms with Crippen LogP contribution in [0.1, 0.15) is 50.9 Å². The molecule has 0 aliphatic carbocycles. The molecule has 3 N–H and O–H groups in total. The minimum Gasteiger partial charge on any atom is -0.366 e. The third kappa shape index (κ3) is 4.33. The Morgan fingerprint density at radius 3 is 2.54 bits per heavy atom. The van der Waals surface area contributed by atoms with E-state index in [1.807, 2.05) is 25.7 Å². The van der Waals surface area contributed by atoms with Gasteiger partial charge in [-0.25, -0.2) is 0 Å². The smallest absolute Gasteiger partial charge is 0.293 e. The first-order chi connectivity index (χ1) is 12.2. The molecular formula is C19H30N4O3. The Hall–Kier alpha value is -2.15. The van der Waals surface area contributed by atoms with Gasteiger partial charge in [0.25, 0.3) is 11.6 Å². The lowest BCUT2D eigenvalue weighted by Gasteiger charge is -2.34. The number of anilines is 1. The highest BCUT2D eigenvalue weighted by molar-refractivity contribution is 5.96. The topological polar surface area (TPSA) is 102 Å². The van der Waals surface area contributed by atoms with E-state index in [1.54, 1.807) is 12.1 Å². The van der Waals surface area contributed by atoms with Gasteiger partial charge in [-0.15, -0.1) is 0 Å². The summed E-state index contributed by atoms with van der Waals surface area (Å²) in [5.41, 5.74) is 6.10. The second-order valence-electron chi connectivity index (χ2n) is 7.86. The van der Waals surface area contributed by atoms with E-state index in [2.05, 4.69) is 12.2 Å². The van der Waals surface area contributed by atoms with Crippen molar-refractivity contribution >= 4 is 17.3 Å². The number of piperidine rings is 1. The Morgan fingerprint density at radius 1 is 1.42 bits per heavy atom. The molecule has 144 valence electrons. The Bertz CT molecular complexity index is 669. The van der Waals surface area contributed by atoms with Crippen LogP contribution in [0.3, 0.4) is 0 Å². The van der Waals surface area contributed by atoms with Crippen molar-refractivity contribution in [1.29, 1.82) is 0 Å². The zero-order valence-electron chi connectivity index (χ0n) is 16.1. The van der Waals surface area contributed by atoms with E-state index in [4.69, 9.17) is 5.73 Å². The van der Waals surface area contributed by atoms with Gasteiger partial charge in [-0.1, -0.05) is 20.8 Å². The number of hydrogen-bond donors (Lipinski definition) is 2. The second kappa shape index (κ2) is 8.03. The molecule has 1 aromatic carbocycles. The lowest BCUT2D eigenvalue weighted by atomic mass is 9.88. The number of nitrogens with two attached hydrogens (primary N) is 1. The van der Waals surface area contributed by atoms with Crippen LogP contribution in [0.4, 0.5) is 11.4 Å². The third-order valence-corrected chi connectivity index (χ3v) is 5.66. The third-order valence-electron chi connectivity index (χ3n) is 5.66. The van der Waals surface area contributed by atoms with Crippen molar-refractivity contribution in [3.05, 3.63) is 33.9 Å². The fourth-order valence-corrected chi connectivity index (χ4v) is 3.09. The maximum absolute atomic E-state index is 12.6. The van der Waals surface area contributed by atoms with Crippen molar-refractivity contribution in [1.82, 2.24) is 5.32 Å². The maximum atomic E-state index is 12.6. The molecule has 0 saturated carbocycles. The van der Waals surface area contributed by atoms with Crippen LogP contribution in [0.2, 0.25) is 0 Å². The zero-order chi connectivity index (χ0) is 19.5. The quantitative estimate of drug-likeness (QED) is 0.598. The largest absolute Gasteiger partial charge is 0.366 e. The second-order valence-corrected chi connectivity index (χ2v) is 7.86. The van der Waals surface area contributed by atoms with Gasteiger partial charge in [0.1, 0.15) is 5.69 Å². The summed E-state index contributed by atoms with van der Waals surface area (Å²) in [6.45, 7) is 9.93. The standard InChI is InChI=1S/C19H30N4O3/c1-13(2)19(4,12-20)21-18(24)15-5-6-16(17(11-15)23(25)26)22-9-7-14(3)8-10-22/h5-6,11,13-14H,7-10,12,20H2,1-4H3,(H,21,24). The number of nitrogens with one attached hydrogen (secondary N) is 1. The molecule has 26 heavy (non-hydrogen) atoms. The fourth-order valence-electron chi connectivity index (χ4n) is 3.09. The molecule has 0 radical (unpaired) electrons. The van der Waals surface area contributed by atoms with E-state index in [1.165, 1.54) is 6.07 Å². The molecule has 1 aliphatic rings. The normalized spacial score (nSPS) is 17.8. The van der Waals surface area contributed by atoms with Crippen LogP contribution in [0.5, 0.6) is 0 Å². The predicted octanol–water partition coefficient (Wildman–Crippen LogP) is 2.93. The molecule has 1 atom stereocenters. The number of nitrogens with zero attached hydrogens (tertiary/aromatic N) is 2. The Labute approximate surface area is 155 Å². The van der Waals surface area contributed by atoms with Crippen LogP contribution in [-0.4, -0.2) is 36.0 Å². The molecule has 1 aliphatic heterocycles. The monoisotopic (exact) mass is 362 g/mol. The Balaban J connectivity index is 2.27. The SMILES string of the molecule is CC1CCN(c2ccc(C(=O)NC(C)(CN)C(C)C)cc2[N+](=O)[O-])CC1. The molecule has 0 spiro atoms. The van der Waals surface area contributed by atoms with Crippen LogP contribution in [0.15, 0.2) is 18.2 Å². The average molecular weight is 362 g/mol. The summed E-state index contributed by atoms with van der Waals surface area (Å²) in [6.07, 6.45) is 2.03. The molecule has 1 amide bonds. The zero-order valence-corrected chi connectivity index (χ0v) is 16.1. The Morgan fingerprint density at radius 2 is 2.04 bits per heavy atom. The fraction of sp³-hybridized carbons (Fsp3) is 0.632. The number of rotatable bonds is 6. The van der Waals surface area contributed by atoms with E-state index < -0.39 is 10.5 Å². The lowest BCUT2D eigenvalue weighted by molar-refractivity contribution is -0.384. The number of nitro benzene ring substituents is 1. The summed E-state index contributed by atoms with van der Waals surface area (Å²) in [4.78, 5) is 25.8. The first-order valence-corrected chi connectivity index (χ1v) is 9.24. The number of benzene rings is 1. The molecule has 1 heterocycles. The highest BCUT2D eigenvalue weighted by Crippen LogP contribution is 2.32. The van der Waals surface area contributed by atoms with Crippen LogP contribution < -0.4 is 16.0 Å². The van der Waals surface area contributed by atoms with Gasteiger partial charge in [0.2, 0.25) is 0 Å². The van der Waals surface area contributed by atoms with E-state index in [9.17, 15) is 14.9 Å². The summed E-state index contributed by atoms with van der Waals surface area (Å²) in [5.74, 6) is 0.440. The highest BCUT2D eigenvalue weighted by Gasteiger charge is 2.30. The minimum atomic E-state index is -0.562. The van der Waals surface area contributed by atoms with Crippen molar-refractivity contribution in [3.63, 3.8) is 0 Å². The molecule has 1 saturated heterocycles. The predicted molar refractivity (Wildman–Crippen MR) is 103 cm³/mol. The van der Waals surface area contributed by atoms with Gasteiger partial charge in [-0.05, 0) is 43.7 Å². The van der Waals surface area contributed by atoms with Gasteiger partial charge in [0, 0.05) is 31.3 Å². The molecule has 2 rings (SSSR count). The molecule has 7 nitrogen and oxygen atoms in total. The van der Waals surface area contributed by atoms with E-state index in [0.29, 0.717) is 18.2 Å². The minimum absolute atomic E-state index is 0.0220. The molecule has 0 aromatic heterocycles. The first kappa shape index (κ1) is 20.2. The van der Waals surface area contributed by atoms with E-state index >= 15 is 0 Å². The van der Waals surface area contributed by atoms with Crippen molar-refractivity contribution in [2.75, 3.05) is 24.5 Å². The van der Waals surface area contributed by atoms with E-state index in [0.717, 1.165) is 25.9 Å². The molecule has 1 unspecified atom stereocenters. The van der Waals surface area contributed by atoms with Crippen LogP contribution in [0, 0.1) is 22.0 Å². The van der Waals surface area contributed by atoms with Crippen LogP contribution in [-0.2, 0) is 0 Å². The lowest BCUT2D eigenvalue weighted by Crippen LogP contribution is -2.55.